The summed E-state index contributed by atoms with van der Waals surface area (Å²) in [6, 6.07) is 0. The molecule has 1 aromatic rings. The first-order valence-electron chi connectivity index (χ1n) is 5.42. The van der Waals surface area contributed by atoms with E-state index in [4.69, 9.17) is 0 Å². The van der Waals surface area contributed by atoms with Crippen molar-refractivity contribution in [2.24, 2.45) is 0 Å². The zero-order valence-electron chi connectivity index (χ0n) is 9.57. The molecule has 18 heavy (non-hydrogen) atoms. The second-order valence-electron chi connectivity index (χ2n) is 4.40. The molecule has 0 amide bonds. The second kappa shape index (κ2) is 5.46. The van der Waals surface area contributed by atoms with Gasteiger partial charge in [0.2, 0.25) is 0 Å². The van der Waals surface area contributed by atoms with Crippen LogP contribution in [0.3, 0.4) is 0 Å². The lowest BCUT2D eigenvalue weighted by atomic mass is 9.92. The first kappa shape index (κ1) is 15.3. The van der Waals surface area contributed by atoms with E-state index in [1.54, 1.807) is 0 Å². The number of aliphatic hydroxyl groups is 1. The molecule has 2 N–H and O–H groups in total. The minimum atomic E-state index is -4.38. The van der Waals surface area contributed by atoms with Crippen molar-refractivity contribution in [2.75, 3.05) is 13.1 Å². The van der Waals surface area contributed by atoms with Gasteiger partial charge in [0.05, 0.1) is 23.9 Å². The van der Waals surface area contributed by atoms with Crippen LogP contribution in [-0.2, 0) is 12.7 Å². The number of aromatic nitrogens is 2. The van der Waals surface area contributed by atoms with Gasteiger partial charge in [0.15, 0.2) is 0 Å². The number of alkyl halides is 3. The van der Waals surface area contributed by atoms with Crippen molar-refractivity contribution in [1.82, 2.24) is 15.1 Å². The molecule has 1 aliphatic heterocycles. The summed E-state index contributed by atoms with van der Waals surface area (Å²) >= 11 is 0. The van der Waals surface area contributed by atoms with Gasteiger partial charge in [0.25, 0.3) is 0 Å². The third-order valence-electron chi connectivity index (χ3n) is 2.95. The normalized spacial score (nSPS) is 19.3. The highest BCUT2D eigenvalue weighted by Crippen LogP contribution is 2.29. The van der Waals surface area contributed by atoms with Crippen LogP contribution in [0.5, 0.6) is 0 Å². The van der Waals surface area contributed by atoms with Gasteiger partial charge >= 0.3 is 6.18 Å². The summed E-state index contributed by atoms with van der Waals surface area (Å²) in [4.78, 5) is 0. The maximum Gasteiger partial charge on any atom is 0.419 e. The fraction of sp³-hybridized carbons (Fsp3) is 0.700. The molecule has 0 aliphatic carbocycles. The van der Waals surface area contributed by atoms with Crippen molar-refractivity contribution in [2.45, 2.75) is 31.2 Å². The molecule has 8 heteroatoms. The van der Waals surface area contributed by atoms with Crippen molar-refractivity contribution < 1.29 is 18.3 Å². The summed E-state index contributed by atoms with van der Waals surface area (Å²) < 4.78 is 38.2. The van der Waals surface area contributed by atoms with Crippen LogP contribution < -0.4 is 5.32 Å². The van der Waals surface area contributed by atoms with Crippen LogP contribution >= 0.6 is 12.4 Å². The van der Waals surface area contributed by atoms with E-state index >= 15 is 0 Å². The highest BCUT2D eigenvalue weighted by molar-refractivity contribution is 5.85. The summed E-state index contributed by atoms with van der Waals surface area (Å²) in [6.07, 6.45) is -1.62. The largest absolute Gasteiger partial charge is 0.419 e. The Balaban J connectivity index is 0.00000162. The molecule has 0 saturated carbocycles. The second-order valence-corrected chi connectivity index (χ2v) is 4.40. The van der Waals surface area contributed by atoms with E-state index in [0.29, 0.717) is 25.9 Å². The average Bonchev–Trinajstić information content (AvgIpc) is 2.66. The minimum Gasteiger partial charge on any atom is -0.388 e. The predicted molar refractivity (Wildman–Crippen MR) is 61.5 cm³/mol. The molecule has 1 aromatic heterocycles. The molecule has 0 aromatic carbocycles. The maximum atomic E-state index is 12.3. The lowest BCUT2D eigenvalue weighted by Gasteiger charge is -2.32. The monoisotopic (exact) mass is 285 g/mol. The standard InChI is InChI=1S/C10H14F3N3O.ClH/c11-10(12,13)8-5-15-16(6-8)7-9(17)1-3-14-4-2-9;/h5-6,14,17H,1-4,7H2;1H. The molecule has 0 atom stereocenters. The molecular formula is C10H15ClF3N3O. The zero-order valence-corrected chi connectivity index (χ0v) is 10.4. The van der Waals surface area contributed by atoms with Crippen LogP contribution in [-0.4, -0.2) is 33.6 Å². The topological polar surface area (TPSA) is 50.1 Å². The van der Waals surface area contributed by atoms with Crippen LogP contribution in [0.2, 0.25) is 0 Å². The van der Waals surface area contributed by atoms with Gasteiger partial charge < -0.3 is 10.4 Å². The molecule has 2 rings (SSSR count). The van der Waals surface area contributed by atoms with Crippen LogP contribution in [0.4, 0.5) is 13.2 Å². The third kappa shape index (κ3) is 3.60. The van der Waals surface area contributed by atoms with E-state index in [2.05, 4.69) is 10.4 Å². The SMILES string of the molecule is Cl.OC1(Cn2cc(C(F)(F)F)cn2)CCNCC1. The van der Waals surface area contributed by atoms with E-state index in [9.17, 15) is 18.3 Å². The molecule has 4 nitrogen and oxygen atoms in total. The average molecular weight is 286 g/mol. The van der Waals surface area contributed by atoms with Gasteiger partial charge in [0.1, 0.15) is 0 Å². The van der Waals surface area contributed by atoms with Gasteiger partial charge in [-0.25, -0.2) is 0 Å². The van der Waals surface area contributed by atoms with Crippen LogP contribution in [0.15, 0.2) is 12.4 Å². The molecule has 2 heterocycles. The number of rotatable bonds is 2. The smallest absolute Gasteiger partial charge is 0.388 e. The Kier molecular flexibility index (Phi) is 4.63. The number of hydrogen-bond acceptors (Lipinski definition) is 3. The molecule has 104 valence electrons. The molecule has 0 radical (unpaired) electrons. The zero-order chi connectivity index (χ0) is 12.5. The van der Waals surface area contributed by atoms with Crippen molar-refractivity contribution >= 4 is 12.4 Å². The Bertz CT molecular complexity index is 388. The third-order valence-corrected chi connectivity index (χ3v) is 2.95. The summed E-state index contributed by atoms with van der Waals surface area (Å²) in [7, 11) is 0. The van der Waals surface area contributed by atoms with Gasteiger partial charge in [-0.05, 0) is 25.9 Å². The van der Waals surface area contributed by atoms with E-state index in [-0.39, 0.29) is 19.0 Å². The molecule has 0 spiro atoms. The van der Waals surface area contributed by atoms with Gasteiger partial charge in [-0.15, -0.1) is 12.4 Å². The molecule has 1 aliphatic rings. The van der Waals surface area contributed by atoms with Gasteiger partial charge in [0, 0.05) is 6.20 Å². The van der Waals surface area contributed by atoms with Crippen LogP contribution in [0.25, 0.3) is 0 Å². The van der Waals surface area contributed by atoms with E-state index in [0.717, 1.165) is 17.1 Å². The molecule has 1 saturated heterocycles. The fourth-order valence-corrected chi connectivity index (χ4v) is 1.95. The van der Waals surface area contributed by atoms with Crippen molar-refractivity contribution in [3.63, 3.8) is 0 Å². The summed E-state index contributed by atoms with van der Waals surface area (Å²) in [5.41, 5.74) is -1.74. The van der Waals surface area contributed by atoms with Gasteiger partial charge in [-0.1, -0.05) is 0 Å². The fourth-order valence-electron chi connectivity index (χ4n) is 1.95. The lowest BCUT2D eigenvalue weighted by Crippen LogP contribution is -2.44. The van der Waals surface area contributed by atoms with E-state index in [1.807, 2.05) is 0 Å². The quantitative estimate of drug-likeness (QED) is 0.864. The predicted octanol–water partition coefficient (Wildman–Crippen LogP) is 1.44. The van der Waals surface area contributed by atoms with Gasteiger partial charge in [-0.2, -0.15) is 18.3 Å². The molecule has 1 fully saturated rings. The lowest BCUT2D eigenvalue weighted by molar-refractivity contribution is -0.137. The summed E-state index contributed by atoms with van der Waals surface area (Å²) in [5.74, 6) is 0. The Labute approximate surface area is 109 Å². The van der Waals surface area contributed by atoms with Crippen molar-refractivity contribution in [3.8, 4) is 0 Å². The van der Waals surface area contributed by atoms with Gasteiger partial charge in [-0.3, -0.25) is 4.68 Å². The maximum absolute atomic E-state index is 12.3. The Hall–Kier alpha value is -0.790. The number of nitrogens with zero attached hydrogens (tertiary/aromatic N) is 2. The Morgan fingerprint density at radius 3 is 2.50 bits per heavy atom. The van der Waals surface area contributed by atoms with Crippen LogP contribution in [0.1, 0.15) is 18.4 Å². The van der Waals surface area contributed by atoms with Crippen molar-refractivity contribution in [1.29, 1.82) is 0 Å². The summed E-state index contributed by atoms with van der Waals surface area (Å²) in [5, 5.41) is 16.9. The first-order valence-corrected chi connectivity index (χ1v) is 5.42. The Morgan fingerprint density at radius 1 is 1.39 bits per heavy atom. The first-order chi connectivity index (χ1) is 7.89. The number of halogens is 4. The molecule has 0 bridgehead atoms. The summed E-state index contributed by atoms with van der Waals surface area (Å²) in [6.45, 7) is 1.44. The van der Waals surface area contributed by atoms with Crippen molar-refractivity contribution in [3.05, 3.63) is 18.0 Å². The van der Waals surface area contributed by atoms with E-state index in [1.165, 1.54) is 0 Å². The number of piperidine rings is 1. The Morgan fingerprint density at radius 2 is 2.00 bits per heavy atom. The molecule has 0 unspecified atom stereocenters. The molecular weight excluding hydrogens is 271 g/mol. The van der Waals surface area contributed by atoms with E-state index < -0.39 is 17.3 Å². The minimum absolute atomic E-state index is 0. The highest BCUT2D eigenvalue weighted by atomic mass is 35.5. The van der Waals surface area contributed by atoms with Crippen LogP contribution in [0, 0.1) is 0 Å². The number of hydrogen-bond donors (Lipinski definition) is 2. The number of nitrogens with one attached hydrogen (secondary N) is 1. The highest BCUT2D eigenvalue weighted by Gasteiger charge is 2.34.